The van der Waals surface area contributed by atoms with Crippen LogP contribution in [0.2, 0.25) is 0 Å². The second-order valence-corrected chi connectivity index (χ2v) is 5.43. The highest BCUT2D eigenvalue weighted by Crippen LogP contribution is 2.29. The fourth-order valence-electron chi connectivity index (χ4n) is 2.33. The summed E-state index contributed by atoms with van der Waals surface area (Å²) in [6.45, 7) is 3.95. The van der Waals surface area contributed by atoms with Crippen molar-refractivity contribution in [2.45, 2.75) is 26.2 Å². The number of rotatable bonds is 7. The van der Waals surface area contributed by atoms with Crippen molar-refractivity contribution in [1.29, 1.82) is 0 Å². The molecule has 5 heteroatoms. The van der Waals surface area contributed by atoms with Crippen LogP contribution in [0.5, 0.6) is 0 Å². The number of carbonyl (C=O) groups excluding carboxylic acids is 1. The Morgan fingerprint density at radius 1 is 1.33 bits per heavy atom. The Bertz CT molecular complexity index is 512. The number of amides is 2. The Balaban J connectivity index is 1.83. The van der Waals surface area contributed by atoms with E-state index in [1.54, 1.807) is 18.2 Å². The summed E-state index contributed by atoms with van der Waals surface area (Å²) in [5.74, 6) is -0.260. The van der Waals surface area contributed by atoms with Crippen LogP contribution in [0.4, 0.5) is 4.79 Å². The van der Waals surface area contributed by atoms with E-state index in [0.717, 1.165) is 12.1 Å². The Kier molecular flexibility index (Phi) is 5.20. The molecule has 1 saturated carbocycles. The smallest absolute Gasteiger partial charge is 0.335 e. The molecule has 2 rings (SSSR count). The van der Waals surface area contributed by atoms with Gasteiger partial charge in [-0.1, -0.05) is 18.2 Å². The van der Waals surface area contributed by atoms with Crippen LogP contribution in [0.15, 0.2) is 24.3 Å². The van der Waals surface area contributed by atoms with E-state index >= 15 is 0 Å². The SMILES string of the molecule is CCN(CC1CC1)C(=O)NCCc1ccccc1C(=O)O. The topological polar surface area (TPSA) is 69.6 Å². The summed E-state index contributed by atoms with van der Waals surface area (Å²) in [5, 5.41) is 12.0. The van der Waals surface area contributed by atoms with Crippen LogP contribution in [0, 0.1) is 5.92 Å². The van der Waals surface area contributed by atoms with E-state index < -0.39 is 5.97 Å². The normalized spacial score (nSPS) is 13.8. The van der Waals surface area contributed by atoms with Gasteiger partial charge >= 0.3 is 12.0 Å². The minimum atomic E-state index is -0.930. The molecule has 0 atom stereocenters. The predicted octanol–water partition coefficient (Wildman–Crippen LogP) is 2.37. The van der Waals surface area contributed by atoms with Gasteiger partial charge in [-0.15, -0.1) is 0 Å². The first kappa shape index (κ1) is 15.4. The summed E-state index contributed by atoms with van der Waals surface area (Å²) in [6, 6.07) is 6.84. The van der Waals surface area contributed by atoms with Crippen LogP contribution in [0.25, 0.3) is 0 Å². The number of hydrogen-bond donors (Lipinski definition) is 2. The third-order valence-electron chi connectivity index (χ3n) is 3.76. The maximum absolute atomic E-state index is 12.0. The lowest BCUT2D eigenvalue weighted by atomic mass is 10.0. The number of urea groups is 1. The third-order valence-corrected chi connectivity index (χ3v) is 3.76. The lowest BCUT2D eigenvalue weighted by Crippen LogP contribution is -2.41. The summed E-state index contributed by atoms with van der Waals surface area (Å²) >= 11 is 0. The van der Waals surface area contributed by atoms with Gasteiger partial charge in [0.05, 0.1) is 5.56 Å². The molecule has 114 valence electrons. The minimum Gasteiger partial charge on any atom is -0.478 e. The zero-order valence-electron chi connectivity index (χ0n) is 12.3. The standard InChI is InChI=1S/C16H22N2O3/c1-2-18(11-12-7-8-12)16(21)17-10-9-13-5-3-4-6-14(13)15(19)20/h3-6,12H,2,7-11H2,1H3,(H,17,21)(H,19,20). The number of nitrogens with zero attached hydrogens (tertiary/aromatic N) is 1. The Hall–Kier alpha value is -2.04. The number of aromatic carboxylic acids is 1. The molecule has 0 saturated heterocycles. The van der Waals surface area contributed by atoms with Crippen molar-refractivity contribution < 1.29 is 14.7 Å². The molecule has 2 N–H and O–H groups in total. The van der Waals surface area contributed by atoms with Crippen LogP contribution >= 0.6 is 0 Å². The van der Waals surface area contributed by atoms with E-state index in [1.807, 2.05) is 17.9 Å². The monoisotopic (exact) mass is 290 g/mol. The number of carbonyl (C=O) groups is 2. The maximum atomic E-state index is 12.0. The van der Waals surface area contributed by atoms with Crippen LogP contribution in [-0.4, -0.2) is 41.6 Å². The summed E-state index contributed by atoms with van der Waals surface area (Å²) in [4.78, 5) is 25.0. The second kappa shape index (κ2) is 7.11. The maximum Gasteiger partial charge on any atom is 0.335 e. The average Bonchev–Trinajstić information content (AvgIpc) is 3.29. The molecule has 0 radical (unpaired) electrons. The van der Waals surface area contributed by atoms with Crippen LogP contribution in [0.3, 0.4) is 0 Å². The second-order valence-electron chi connectivity index (χ2n) is 5.43. The number of benzene rings is 1. The van der Waals surface area contributed by atoms with Gasteiger partial charge in [0.25, 0.3) is 0 Å². The lowest BCUT2D eigenvalue weighted by molar-refractivity contribution is 0.0695. The number of hydrogen-bond acceptors (Lipinski definition) is 2. The highest BCUT2D eigenvalue weighted by Gasteiger charge is 2.25. The van der Waals surface area contributed by atoms with Gasteiger partial charge < -0.3 is 15.3 Å². The first-order valence-corrected chi connectivity index (χ1v) is 7.45. The third kappa shape index (κ3) is 4.48. The highest BCUT2D eigenvalue weighted by molar-refractivity contribution is 5.89. The first-order valence-electron chi connectivity index (χ1n) is 7.45. The molecule has 0 aliphatic heterocycles. The molecule has 0 aromatic heterocycles. The predicted molar refractivity (Wildman–Crippen MR) is 80.5 cm³/mol. The van der Waals surface area contributed by atoms with E-state index in [9.17, 15) is 9.59 Å². The quantitative estimate of drug-likeness (QED) is 0.810. The highest BCUT2D eigenvalue weighted by atomic mass is 16.4. The van der Waals surface area contributed by atoms with E-state index in [-0.39, 0.29) is 6.03 Å². The molecule has 0 heterocycles. The van der Waals surface area contributed by atoms with Crippen LogP contribution < -0.4 is 5.32 Å². The van der Waals surface area contributed by atoms with Crippen LogP contribution in [-0.2, 0) is 6.42 Å². The summed E-state index contributed by atoms with van der Waals surface area (Å²) in [7, 11) is 0. The van der Waals surface area contributed by atoms with E-state index in [2.05, 4.69) is 5.32 Å². The van der Waals surface area contributed by atoms with Gasteiger partial charge in [0.1, 0.15) is 0 Å². The molecule has 0 unspecified atom stereocenters. The first-order chi connectivity index (χ1) is 10.1. The molecule has 1 fully saturated rings. The molecule has 2 amide bonds. The number of nitrogens with one attached hydrogen (secondary N) is 1. The molecular formula is C16H22N2O3. The Morgan fingerprint density at radius 3 is 2.67 bits per heavy atom. The van der Waals surface area contributed by atoms with Crippen molar-refractivity contribution in [1.82, 2.24) is 10.2 Å². The fourth-order valence-corrected chi connectivity index (χ4v) is 2.33. The van der Waals surface area contributed by atoms with Gasteiger partial charge in [-0.05, 0) is 43.7 Å². The van der Waals surface area contributed by atoms with E-state index in [0.29, 0.717) is 31.0 Å². The van der Waals surface area contributed by atoms with Crippen molar-refractivity contribution >= 4 is 12.0 Å². The lowest BCUT2D eigenvalue weighted by Gasteiger charge is -2.21. The van der Waals surface area contributed by atoms with Gasteiger partial charge in [0.15, 0.2) is 0 Å². The molecule has 5 nitrogen and oxygen atoms in total. The molecule has 1 aromatic carbocycles. The van der Waals surface area contributed by atoms with Crippen molar-refractivity contribution in [2.24, 2.45) is 5.92 Å². The summed E-state index contributed by atoms with van der Waals surface area (Å²) < 4.78 is 0. The Labute approximate surface area is 125 Å². The van der Waals surface area contributed by atoms with E-state index in [1.165, 1.54) is 12.8 Å². The molecule has 0 bridgehead atoms. The number of carboxylic acid groups (broad SMARTS) is 1. The van der Waals surface area contributed by atoms with E-state index in [4.69, 9.17) is 5.11 Å². The molecule has 0 spiro atoms. The zero-order chi connectivity index (χ0) is 15.2. The van der Waals surface area contributed by atoms with Gasteiger partial charge in [-0.2, -0.15) is 0 Å². The van der Waals surface area contributed by atoms with Crippen LogP contribution in [0.1, 0.15) is 35.7 Å². The fraction of sp³-hybridized carbons (Fsp3) is 0.500. The van der Waals surface area contributed by atoms with Crippen molar-refractivity contribution in [3.05, 3.63) is 35.4 Å². The zero-order valence-corrected chi connectivity index (χ0v) is 12.3. The molecule has 1 aliphatic carbocycles. The average molecular weight is 290 g/mol. The van der Waals surface area contributed by atoms with Gasteiger partial charge in [0.2, 0.25) is 0 Å². The summed E-state index contributed by atoms with van der Waals surface area (Å²) in [5.41, 5.74) is 1.05. The number of carboxylic acids is 1. The largest absolute Gasteiger partial charge is 0.478 e. The van der Waals surface area contributed by atoms with Gasteiger partial charge in [-0.25, -0.2) is 9.59 Å². The Morgan fingerprint density at radius 2 is 2.05 bits per heavy atom. The van der Waals surface area contributed by atoms with Crippen molar-refractivity contribution in [2.75, 3.05) is 19.6 Å². The molecule has 1 aliphatic rings. The minimum absolute atomic E-state index is 0.0581. The van der Waals surface area contributed by atoms with Gasteiger partial charge in [0, 0.05) is 19.6 Å². The molecular weight excluding hydrogens is 268 g/mol. The summed E-state index contributed by atoms with van der Waals surface area (Å²) in [6.07, 6.45) is 2.96. The van der Waals surface area contributed by atoms with Gasteiger partial charge in [-0.3, -0.25) is 0 Å². The van der Waals surface area contributed by atoms with Crippen molar-refractivity contribution in [3.8, 4) is 0 Å². The molecule has 21 heavy (non-hydrogen) atoms. The molecule has 1 aromatic rings. The van der Waals surface area contributed by atoms with Crippen molar-refractivity contribution in [3.63, 3.8) is 0 Å².